The molecule has 0 atom stereocenters. The van der Waals surface area contributed by atoms with E-state index in [4.69, 9.17) is 10.5 Å². The van der Waals surface area contributed by atoms with Gasteiger partial charge in [-0.1, -0.05) is 0 Å². The fourth-order valence-corrected chi connectivity index (χ4v) is 1.76. The van der Waals surface area contributed by atoms with E-state index in [0.29, 0.717) is 13.2 Å². The molecular formula is C13H18N4O. The van der Waals surface area contributed by atoms with Gasteiger partial charge >= 0.3 is 0 Å². The molecule has 96 valence electrons. The lowest BCUT2D eigenvalue weighted by molar-refractivity contribution is 0.316. The molecule has 0 aliphatic carbocycles. The van der Waals surface area contributed by atoms with Gasteiger partial charge in [0.25, 0.3) is 0 Å². The van der Waals surface area contributed by atoms with Crippen LogP contribution in [0.25, 0.3) is 0 Å². The second-order valence-electron chi connectivity index (χ2n) is 4.22. The molecule has 0 spiro atoms. The summed E-state index contributed by atoms with van der Waals surface area (Å²) in [5, 5.41) is 4.12. The number of nitrogens with two attached hydrogens (primary N) is 1. The zero-order valence-electron chi connectivity index (χ0n) is 10.8. The highest BCUT2D eigenvalue weighted by molar-refractivity contribution is 5.29. The fourth-order valence-electron chi connectivity index (χ4n) is 1.76. The van der Waals surface area contributed by atoms with Crippen molar-refractivity contribution >= 4 is 0 Å². The molecule has 2 N–H and O–H groups in total. The van der Waals surface area contributed by atoms with Crippen LogP contribution in [-0.4, -0.2) is 21.4 Å². The average Bonchev–Trinajstić information content (AvgIpc) is 2.77. The van der Waals surface area contributed by atoms with Gasteiger partial charge in [0.2, 0.25) is 0 Å². The molecule has 5 nitrogen and oxygen atoms in total. The summed E-state index contributed by atoms with van der Waals surface area (Å²) in [7, 11) is 1.90. The topological polar surface area (TPSA) is 66.0 Å². The molecule has 0 fully saturated rings. The lowest BCUT2D eigenvalue weighted by Crippen LogP contribution is -2.07. The molecule has 0 unspecified atom stereocenters. The molecule has 18 heavy (non-hydrogen) atoms. The monoisotopic (exact) mass is 246 g/mol. The largest absolute Gasteiger partial charge is 0.491 e. The molecule has 0 aliphatic rings. The van der Waals surface area contributed by atoms with E-state index in [1.54, 1.807) is 4.68 Å². The van der Waals surface area contributed by atoms with Gasteiger partial charge in [-0.25, -0.2) is 0 Å². The minimum Gasteiger partial charge on any atom is -0.491 e. The summed E-state index contributed by atoms with van der Waals surface area (Å²) in [5.41, 5.74) is 8.57. The smallest absolute Gasteiger partial charge is 0.142 e. The van der Waals surface area contributed by atoms with Crippen LogP contribution in [-0.2, 0) is 20.0 Å². The van der Waals surface area contributed by atoms with Gasteiger partial charge in [-0.15, -0.1) is 0 Å². The van der Waals surface area contributed by atoms with Gasteiger partial charge in [-0.2, -0.15) is 5.10 Å². The first-order valence-electron chi connectivity index (χ1n) is 5.96. The van der Waals surface area contributed by atoms with Crippen LogP contribution in [0.2, 0.25) is 0 Å². The number of ether oxygens (including phenoxy) is 1. The van der Waals surface area contributed by atoms with Crippen molar-refractivity contribution in [3.63, 3.8) is 0 Å². The minimum atomic E-state index is 0.393. The van der Waals surface area contributed by atoms with Crippen LogP contribution < -0.4 is 10.5 Å². The summed E-state index contributed by atoms with van der Waals surface area (Å²) in [6.07, 6.45) is 4.66. The van der Waals surface area contributed by atoms with Crippen molar-refractivity contribution in [2.45, 2.75) is 19.9 Å². The first kappa shape index (κ1) is 12.6. The second-order valence-corrected chi connectivity index (χ2v) is 4.22. The summed E-state index contributed by atoms with van der Waals surface area (Å²) in [4.78, 5) is 4.35. The number of hydrogen-bond donors (Lipinski definition) is 1. The summed E-state index contributed by atoms with van der Waals surface area (Å²) < 4.78 is 7.50. The minimum absolute atomic E-state index is 0.393. The number of pyridine rings is 1. The van der Waals surface area contributed by atoms with Crippen molar-refractivity contribution in [2.75, 3.05) is 6.61 Å². The van der Waals surface area contributed by atoms with Crippen molar-refractivity contribution in [3.05, 3.63) is 41.5 Å². The summed E-state index contributed by atoms with van der Waals surface area (Å²) in [5.74, 6) is 0.770. The van der Waals surface area contributed by atoms with Gasteiger partial charge < -0.3 is 10.5 Å². The molecule has 2 rings (SSSR count). The van der Waals surface area contributed by atoms with E-state index >= 15 is 0 Å². The molecule has 0 bridgehead atoms. The van der Waals surface area contributed by atoms with E-state index in [1.165, 1.54) is 0 Å². The van der Waals surface area contributed by atoms with Crippen LogP contribution in [0.5, 0.6) is 5.75 Å². The normalized spacial score (nSPS) is 10.6. The van der Waals surface area contributed by atoms with Crippen molar-refractivity contribution in [3.8, 4) is 5.75 Å². The zero-order valence-corrected chi connectivity index (χ0v) is 10.8. The lowest BCUT2D eigenvalue weighted by Gasteiger charge is -2.09. The van der Waals surface area contributed by atoms with Crippen LogP contribution >= 0.6 is 0 Å². The maximum absolute atomic E-state index is 5.72. The molecule has 0 saturated carbocycles. The van der Waals surface area contributed by atoms with Gasteiger partial charge in [0, 0.05) is 31.9 Å². The molecule has 0 radical (unpaired) electrons. The predicted octanol–water partition coefficient (Wildman–Crippen LogP) is 1.20. The van der Waals surface area contributed by atoms with Crippen molar-refractivity contribution in [2.24, 2.45) is 12.8 Å². The average molecular weight is 246 g/mol. The number of aryl methyl sites for hydroxylation is 2. The number of hydrogen-bond acceptors (Lipinski definition) is 4. The van der Waals surface area contributed by atoms with Crippen molar-refractivity contribution in [1.82, 2.24) is 14.8 Å². The van der Waals surface area contributed by atoms with Crippen LogP contribution in [0.4, 0.5) is 0 Å². The van der Waals surface area contributed by atoms with E-state index in [9.17, 15) is 0 Å². The fraction of sp³-hybridized carbons (Fsp3) is 0.385. The highest BCUT2D eigenvalue weighted by Gasteiger charge is 2.04. The van der Waals surface area contributed by atoms with Crippen LogP contribution in [0.15, 0.2) is 24.5 Å². The van der Waals surface area contributed by atoms with Crippen LogP contribution in [0.3, 0.4) is 0 Å². The Morgan fingerprint density at radius 2 is 2.22 bits per heavy atom. The van der Waals surface area contributed by atoms with Crippen molar-refractivity contribution in [1.29, 1.82) is 0 Å². The van der Waals surface area contributed by atoms with Crippen LogP contribution in [0, 0.1) is 6.92 Å². The highest BCUT2D eigenvalue weighted by atomic mass is 16.5. The molecule has 0 aliphatic heterocycles. The van der Waals surface area contributed by atoms with Gasteiger partial charge in [-0.05, 0) is 24.6 Å². The molecule has 0 amide bonds. The van der Waals surface area contributed by atoms with Gasteiger partial charge in [0.15, 0.2) is 0 Å². The van der Waals surface area contributed by atoms with Crippen LogP contribution in [0.1, 0.15) is 17.0 Å². The maximum Gasteiger partial charge on any atom is 0.142 e. The second kappa shape index (κ2) is 5.64. The first-order valence-corrected chi connectivity index (χ1v) is 5.96. The third kappa shape index (κ3) is 3.07. The third-order valence-corrected chi connectivity index (χ3v) is 2.67. The Hall–Kier alpha value is -1.88. The van der Waals surface area contributed by atoms with E-state index in [-0.39, 0.29) is 0 Å². The molecular weight excluding hydrogens is 228 g/mol. The standard InChI is InChI=1S/C13H18N4O/c1-10-3-4-13(12(7-14)16-10)18-6-5-11-8-15-17(2)9-11/h3-4,8-9H,5-7,14H2,1-2H3. The Morgan fingerprint density at radius 3 is 2.89 bits per heavy atom. The molecule has 5 heteroatoms. The molecule has 2 aromatic heterocycles. The molecule has 2 aromatic rings. The maximum atomic E-state index is 5.72. The Balaban J connectivity index is 1.94. The number of rotatable bonds is 5. The van der Waals surface area contributed by atoms with Gasteiger partial charge in [0.05, 0.1) is 18.5 Å². The quantitative estimate of drug-likeness (QED) is 0.861. The Bertz CT molecular complexity index is 521. The van der Waals surface area contributed by atoms with E-state index < -0.39 is 0 Å². The highest BCUT2D eigenvalue weighted by Crippen LogP contribution is 2.16. The summed E-state index contributed by atoms with van der Waals surface area (Å²) in [6, 6.07) is 3.85. The SMILES string of the molecule is Cc1ccc(OCCc2cnn(C)c2)c(CN)n1. The Kier molecular flexibility index (Phi) is 3.94. The molecule has 0 saturated heterocycles. The molecule has 2 heterocycles. The van der Waals surface area contributed by atoms with Gasteiger partial charge in [0.1, 0.15) is 5.75 Å². The van der Waals surface area contributed by atoms with E-state index in [2.05, 4.69) is 10.1 Å². The lowest BCUT2D eigenvalue weighted by atomic mass is 10.2. The molecule has 0 aromatic carbocycles. The summed E-state index contributed by atoms with van der Waals surface area (Å²) >= 11 is 0. The Labute approximate surface area is 107 Å². The number of nitrogens with zero attached hydrogens (tertiary/aromatic N) is 3. The first-order chi connectivity index (χ1) is 8.69. The third-order valence-electron chi connectivity index (χ3n) is 2.67. The van der Waals surface area contributed by atoms with E-state index in [0.717, 1.165) is 29.1 Å². The van der Waals surface area contributed by atoms with E-state index in [1.807, 2.05) is 38.5 Å². The van der Waals surface area contributed by atoms with Gasteiger partial charge in [-0.3, -0.25) is 9.67 Å². The Morgan fingerprint density at radius 1 is 1.39 bits per heavy atom. The van der Waals surface area contributed by atoms with Crippen molar-refractivity contribution < 1.29 is 4.74 Å². The zero-order chi connectivity index (χ0) is 13.0. The summed E-state index contributed by atoms with van der Waals surface area (Å²) in [6.45, 7) is 2.94. The number of aromatic nitrogens is 3. The predicted molar refractivity (Wildman–Crippen MR) is 69.3 cm³/mol.